The van der Waals surface area contributed by atoms with Gasteiger partial charge >= 0.3 is 0 Å². The van der Waals surface area contributed by atoms with Gasteiger partial charge in [-0.25, -0.2) is 4.98 Å². The Hall–Kier alpha value is -2.65. The first-order chi connectivity index (χ1) is 12.9. The fourth-order valence-electron chi connectivity index (χ4n) is 2.78. The van der Waals surface area contributed by atoms with Crippen LogP contribution in [0.4, 0.5) is 5.69 Å². The Balaban J connectivity index is 1.71. The summed E-state index contributed by atoms with van der Waals surface area (Å²) in [6.45, 7) is 6.64. The fraction of sp³-hybridized carbons (Fsp3) is 0.217. The lowest BCUT2D eigenvalue weighted by Crippen LogP contribution is -2.15. The van der Waals surface area contributed by atoms with Gasteiger partial charge in [-0.1, -0.05) is 74.8 Å². The van der Waals surface area contributed by atoms with Gasteiger partial charge in [0.05, 0.1) is 11.2 Å². The lowest BCUT2D eigenvalue weighted by molar-refractivity contribution is -0.111. The smallest absolute Gasteiger partial charge is 0.248 e. The van der Waals surface area contributed by atoms with Crippen molar-refractivity contribution >= 4 is 40.2 Å². The highest BCUT2D eigenvalue weighted by atomic mass is 35.5. The number of carbonyl (C=O) groups is 1. The number of para-hydroxylation sites is 1. The Morgan fingerprint density at radius 2 is 1.85 bits per heavy atom. The van der Waals surface area contributed by atoms with E-state index >= 15 is 0 Å². The summed E-state index contributed by atoms with van der Waals surface area (Å²) in [5.41, 5.74) is 3.72. The maximum absolute atomic E-state index is 12.3. The lowest BCUT2D eigenvalue weighted by atomic mass is 9.82. The van der Waals surface area contributed by atoms with Crippen LogP contribution in [0.15, 0.2) is 60.7 Å². The number of nitrogens with one attached hydrogen (secondary N) is 1. The van der Waals surface area contributed by atoms with Crippen LogP contribution >= 0.6 is 11.6 Å². The van der Waals surface area contributed by atoms with E-state index < -0.39 is 0 Å². The summed E-state index contributed by atoms with van der Waals surface area (Å²) in [7, 11) is 0. The molecule has 27 heavy (non-hydrogen) atoms. The summed E-state index contributed by atoms with van der Waals surface area (Å²) in [6, 6.07) is 17.8. The maximum atomic E-state index is 12.3. The van der Waals surface area contributed by atoms with E-state index in [0.29, 0.717) is 5.69 Å². The number of hydrogen-bond donors (Lipinski definition) is 1. The molecule has 0 radical (unpaired) electrons. The van der Waals surface area contributed by atoms with Gasteiger partial charge < -0.3 is 5.32 Å². The molecule has 1 amide bonds. The monoisotopic (exact) mass is 378 g/mol. The van der Waals surface area contributed by atoms with Crippen molar-refractivity contribution in [3.63, 3.8) is 0 Å². The molecule has 1 heterocycles. The molecule has 2 aromatic carbocycles. The van der Waals surface area contributed by atoms with Gasteiger partial charge in [-0.15, -0.1) is 0 Å². The van der Waals surface area contributed by atoms with Crippen LogP contribution in [0.5, 0.6) is 0 Å². The van der Waals surface area contributed by atoms with Gasteiger partial charge in [0, 0.05) is 11.5 Å². The van der Waals surface area contributed by atoms with Crippen LogP contribution in [0, 0.1) is 0 Å². The molecule has 1 N–H and O–H groups in total. The average molecular weight is 379 g/mol. The molecule has 0 fully saturated rings. The number of aromatic nitrogens is 1. The van der Waals surface area contributed by atoms with Crippen molar-refractivity contribution in [2.24, 2.45) is 0 Å². The zero-order valence-corrected chi connectivity index (χ0v) is 16.5. The van der Waals surface area contributed by atoms with Crippen LogP contribution in [0.2, 0.25) is 5.15 Å². The van der Waals surface area contributed by atoms with Gasteiger partial charge in [0.2, 0.25) is 5.91 Å². The SMILES string of the molecule is CCC(C)(C)c1ccc(/C=C\C(=O)Nc2cc3ccccc3nc2Cl)cc1. The molecule has 3 rings (SSSR count). The van der Waals surface area contributed by atoms with Gasteiger partial charge in [-0.2, -0.15) is 0 Å². The molecule has 3 aromatic rings. The Labute approximate surface area is 165 Å². The van der Waals surface area contributed by atoms with Crippen LogP contribution in [0.3, 0.4) is 0 Å². The summed E-state index contributed by atoms with van der Waals surface area (Å²) >= 11 is 6.19. The summed E-state index contributed by atoms with van der Waals surface area (Å²) in [5.74, 6) is -0.244. The first kappa shape index (κ1) is 19.1. The van der Waals surface area contributed by atoms with Gasteiger partial charge in [0.25, 0.3) is 0 Å². The number of halogens is 1. The van der Waals surface area contributed by atoms with Crippen molar-refractivity contribution in [3.8, 4) is 0 Å². The van der Waals surface area contributed by atoms with Crippen LogP contribution in [0.1, 0.15) is 38.3 Å². The van der Waals surface area contributed by atoms with Crippen molar-refractivity contribution < 1.29 is 4.79 Å². The predicted molar refractivity (Wildman–Crippen MR) is 114 cm³/mol. The largest absolute Gasteiger partial charge is 0.320 e. The Kier molecular flexibility index (Phi) is 5.62. The number of rotatable bonds is 5. The topological polar surface area (TPSA) is 42.0 Å². The van der Waals surface area contributed by atoms with Gasteiger partial charge in [0.15, 0.2) is 5.15 Å². The third-order valence-corrected chi connectivity index (χ3v) is 5.23. The van der Waals surface area contributed by atoms with Gasteiger partial charge in [-0.3, -0.25) is 4.79 Å². The summed E-state index contributed by atoms with van der Waals surface area (Å²) < 4.78 is 0. The summed E-state index contributed by atoms with van der Waals surface area (Å²) in [5, 5.41) is 4.00. The normalized spacial score (nSPS) is 11.9. The van der Waals surface area contributed by atoms with Crippen molar-refractivity contribution in [2.75, 3.05) is 5.32 Å². The number of amides is 1. The second kappa shape index (κ2) is 7.93. The van der Waals surface area contributed by atoms with Crippen molar-refractivity contribution in [3.05, 3.63) is 77.0 Å². The van der Waals surface area contributed by atoms with E-state index in [2.05, 4.69) is 43.2 Å². The lowest BCUT2D eigenvalue weighted by Gasteiger charge is -2.23. The molecule has 0 aliphatic carbocycles. The third kappa shape index (κ3) is 4.55. The molecule has 0 unspecified atom stereocenters. The highest BCUT2D eigenvalue weighted by Crippen LogP contribution is 2.27. The van der Waals surface area contributed by atoms with E-state index in [1.54, 1.807) is 6.08 Å². The number of pyridine rings is 1. The molecule has 0 atom stereocenters. The average Bonchev–Trinajstić information content (AvgIpc) is 2.67. The zero-order chi connectivity index (χ0) is 19.4. The standard InChI is InChI=1S/C23H23ClN2O/c1-4-23(2,3)18-12-9-16(10-13-18)11-14-21(27)25-20-15-17-7-5-6-8-19(17)26-22(20)24/h5-15H,4H2,1-3H3,(H,25,27)/b14-11-. The minimum absolute atomic E-state index is 0.152. The van der Waals surface area contributed by atoms with E-state index in [-0.39, 0.29) is 16.5 Å². The number of hydrogen-bond acceptors (Lipinski definition) is 2. The first-order valence-electron chi connectivity index (χ1n) is 9.04. The molecule has 138 valence electrons. The van der Waals surface area contributed by atoms with Crippen LogP contribution < -0.4 is 5.32 Å². The summed E-state index contributed by atoms with van der Waals surface area (Å²) in [6.07, 6.45) is 4.37. The second-order valence-corrected chi connectivity index (χ2v) is 7.56. The first-order valence-corrected chi connectivity index (χ1v) is 9.42. The van der Waals surface area contributed by atoms with Crippen LogP contribution in [-0.2, 0) is 10.2 Å². The summed E-state index contributed by atoms with van der Waals surface area (Å²) in [4.78, 5) is 16.6. The minimum atomic E-state index is -0.244. The number of nitrogens with zero attached hydrogens (tertiary/aromatic N) is 1. The number of carbonyl (C=O) groups excluding carboxylic acids is 1. The van der Waals surface area contributed by atoms with E-state index in [9.17, 15) is 4.79 Å². The molecule has 4 heteroatoms. The van der Waals surface area contributed by atoms with Crippen molar-refractivity contribution in [1.82, 2.24) is 4.98 Å². The Bertz CT molecular complexity index is 991. The van der Waals surface area contributed by atoms with Gasteiger partial charge in [0.1, 0.15) is 0 Å². The molecule has 3 nitrogen and oxygen atoms in total. The molecule has 0 saturated heterocycles. The van der Waals surface area contributed by atoms with Gasteiger partial charge in [-0.05, 0) is 41.2 Å². The molecule has 1 aromatic heterocycles. The minimum Gasteiger partial charge on any atom is -0.320 e. The molecule has 0 aliphatic heterocycles. The molecule has 0 saturated carbocycles. The Morgan fingerprint density at radius 3 is 2.56 bits per heavy atom. The van der Waals surface area contributed by atoms with Crippen molar-refractivity contribution in [1.29, 1.82) is 0 Å². The molecule has 0 bridgehead atoms. The van der Waals surface area contributed by atoms with E-state index in [1.165, 1.54) is 11.6 Å². The predicted octanol–water partition coefficient (Wildman–Crippen LogP) is 6.23. The number of fused-ring (bicyclic) bond motifs is 1. The Morgan fingerprint density at radius 1 is 1.15 bits per heavy atom. The molecular formula is C23H23ClN2O. The molecule has 0 aliphatic rings. The van der Waals surface area contributed by atoms with Crippen LogP contribution in [0.25, 0.3) is 17.0 Å². The molecule has 0 spiro atoms. The van der Waals surface area contributed by atoms with E-state index in [4.69, 9.17) is 11.6 Å². The van der Waals surface area contributed by atoms with Crippen molar-refractivity contribution in [2.45, 2.75) is 32.6 Å². The second-order valence-electron chi connectivity index (χ2n) is 7.20. The fourth-order valence-corrected chi connectivity index (χ4v) is 2.97. The van der Waals surface area contributed by atoms with E-state index in [1.807, 2.05) is 42.5 Å². The zero-order valence-electron chi connectivity index (χ0n) is 15.8. The number of benzene rings is 2. The number of anilines is 1. The highest BCUT2D eigenvalue weighted by Gasteiger charge is 2.17. The quantitative estimate of drug-likeness (QED) is 0.422. The maximum Gasteiger partial charge on any atom is 0.248 e. The highest BCUT2D eigenvalue weighted by molar-refractivity contribution is 6.33. The molecular weight excluding hydrogens is 356 g/mol. The third-order valence-electron chi connectivity index (χ3n) is 4.94. The van der Waals surface area contributed by atoms with Crippen LogP contribution in [-0.4, -0.2) is 10.9 Å². The van der Waals surface area contributed by atoms with E-state index in [0.717, 1.165) is 22.9 Å².